The summed E-state index contributed by atoms with van der Waals surface area (Å²) in [5, 5.41) is 3.53. The van der Waals surface area contributed by atoms with Crippen molar-refractivity contribution in [1.82, 2.24) is 10.2 Å². The van der Waals surface area contributed by atoms with E-state index in [1.807, 2.05) is 0 Å². The minimum atomic E-state index is -4.22. The first-order chi connectivity index (χ1) is 20.1. The minimum absolute atomic E-state index is 0.00121. The molecular formula is C31H35Cl2N3O5S. The molecule has 1 aliphatic rings. The molecule has 0 radical (unpaired) electrons. The van der Waals surface area contributed by atoms with Crippen LogP contribution in [0.2, 0.25) is 10.0 Å². The molecule has 1 aliphatic carbocycles. The average molecular weight is 633 g/mol. The SMILES string of the molecule is COc1ccc(CN(C(=O)CN(c2cc(Cl)cc(Cl)c2)S(=O)(=O)c2ccccc2)C(C)C(=O)NC2CCCCC2)cc1. The highest BCUT2D eigenvalue weighted by molar-refractivity contribution is 7.92. The van der Waals surface area contributed by atoms with E-state index >= 15 is 0 Å². The van der Waals surface area contributed by atoms with Gasteiger partial charge in [-0.1, -0.05) is 72.8 Å². The van der Waals surface area contributed by atoms with Gasteiger partial charge in [-0.15, -0.1) is 0 Å². The number of carbonyl (C=O) groups is 2. The smallest absolute Gasteiger partial charge is 0.264 e. The monoisotopic (exact) mass is 631 g/mol. The molecular weight excluding hydrogens is 597 g/mol. The second-order valence-electron chi connectivity index (χ2n) is 10.3. The van der Waals surface area contributed by atoms with Crippen molar-refractivity contribution >= 4 is 50.7 Å². The fourth-order valence-electron chi connectivity index (χ4n) is 5.01. The molecule has 0 spiro atoms. The Bertz CT molecular complexity index is 1460. The molecule has 11 heteroatoms. The molecule has 3 aromatic carbocycles. The molecule has 0 saturated heterocycles. The summed E-state index contributed by atoms with van der Waals surface area (Å²) in [6, 6.07) is 18.5. The first kappa shape index (κ1) is 31.7. The van der Waals surface area contributed by atoms with Gasteiger partial charge in [-0.05, 0) is 67.8 Å². The van der Waals surface area contributed by atoms with Crippen LogP contribution < -0.4 is 14.4 Å². The van der Waals surface area contributed by atoms with E-state index in [2.05, 4.69) is 5.32 Å². The van der Waals surface area contributed by atoms with E-state index in [1.165, 1.54) is 35.2 Å². The number of nitrogens with zero attached hydrogens (tertiary/aromatic N) is 2. The van der Waals surface area contributed by atoms with Gasteiger partial charge in [0.05, 0.1) is 17.7 Å². The molecule has 224 valence electrons. The van der Waals surface area contributed by atoms with Gasteiger partial charge in [-0.2, -0.15) is 0 Å². The average Bonchev–Trinajstić information content (AvgIpc) is 2.98. The van der Waals surface area contributed by atoms with Crippen LogP contribution >= 0.6 is 23.2 Å². The highest BCUT2D eigenvalue weighted by Gasteiger charge is 2.33. The third kappa shape index (κ3) is 7.96. The summed E-state index contributed by atoms with van der Waals surface area (Å²) in [6.45, 7) is 1.16. The molecule has 2 amide bonds. The van der Waals surface area contributed by atoms with E-state index in [0.29, 0.717) is 5.75 Å². The normalized spacial score (nSPS) is 14.6. The number of methoxy groups -OCH3 is 1. The number of hydrogen-bond donors (Lipinski definition) is 1. The molecule has 0 bridgehead atoms. The van der Waals surface area contributed by atoms with Crippen LogP contribution in [0.25, 0.3) is 0 Å². The van der Waals surface area contributed by atoms with E-state index < -0.39 is 28.5 Å². The first-order valence-electron chi connectivity index (χ1n) is 13.8. The molecule has 1 saturated carbocycles. The first-order valence-corrected chi connectivity index (χ1v) is 16.0. The Morgan fingerprint density at radius 3 is 2.17 bits per heavy atom. The Labute approximate surface area is 257 Å². The Kier molecular flexibility index (Phi) is 10.8. The van der Waals surface area contributed by atoms with E-state index in [4.69, 9.17) is 27.9 Å². The van der Waals surface area contributed by atoms with E-state index in [0.717, 1.165) is 42.0 Å². The molecule has 0 aliphatic heterocycles. The summed E-state index contributed by atoms with van der Waals surface area (Å²) in [5.74, 6) is -0.197. The lowest BCUT2D eigenvalue weighted by molar-refractivity contribution is -0.139. The predicted molar refractivity (Wildman–Crippen MR) is 165 cm³/mol. The lowest BCUT2D eigenvalue weighted by Gasteiger charge is -2.33. The lowest BCUT2D eigenvalue weighted by Crippen LogP contribution is -2.53. The van der Waals surface area contributed by atoms with E-state index in [-0.39, 0.29) is 39.1 Å². The van der Waals surface area contributed by atoms with Gasteiger partial charge in [0.1, 0.15) is 18.3 Å². The molecule has 1 fully saturated rings. The van der Waals surface area contributed by atoms with Gasteiger partial charge in [-0.3, -0.25) is 13.9 Å². The number of anilines is 1. The van der Waals surface area contributed by atoms with E-state index in [1.54, 1.807) is 56.5 Å². The van der Waals surface area contributed by atoms with Crippen LogP contribution in [0.3, 0.4) is 0 Å². The highest BCUT2D eigenvalue weighted by Crippen LogP contribution is 2.30. The summed E-state index contributed by atoms with van der Waals surface area (Å²) in [5.41, 5.74) is 0.887. The summed E-state index contributed by atoms with van der Waals surface area (Å²) < 4.78 is 34.0. The topological polar surface area (TPSA) is 96.0 Å². The van der Waals surface area contributed by atoms with Crippen molar-refractivity contribution in [2.75, 3.05) is 18.0 Å². The predicted octanol–water partition coefficient (Wildman–Crippen LogP) is 6.06. The van der Waals surface area contributed by atoms with Crippen molar-refractivity contribution < 1.29 is 22.7 Å². The number of sulfonamides is 1. The maximum absolute atomic E-state index is 14.1. The van der Waals surface area contributed by atoms with Crippen LogP contribution in [0.5, 0.6) is 5.75 Å². The molecule has 8 nitrogen and oxygen atoms in total. The molecule has 1 atom stereocenters. The molecule has 1 unspecified atom stereocenters. The zero-order valence-electron chi connectivity index (χ0n) is 23.6. The van der Waals surface area contributed by atoms with Gasteiger partial charge >= 0.3 is 0 Å². The van der Waals surface area contributed by atoms with Crippen LogP contribution in [0.4, 0.5) is 5.69 Å². The number of benzene rings is 3. The number of amides is 2. The largest absolute Gasteiger partial charge is 0.497 e. The number of carbonyl (C=O) groups excluding carboxylic acids is 2. The maximum Gasteiger partial charge on any atom is 0.264 e. The minimum Gasteiger partial charge on any atom is -0.497 e. The number of hydrogen-bond acceptors (Lipinski definition) is 5. The van der Waals surface area contributed by atoms with Gasteiger partial charge in [0, 0.05) is 22.6 Å². The second-order valence-corrected chi connectivity index (χ2v) is 13.1. The van der Waals surface area contributed by atoms with Crippen LogP contribution in [-0.2, 0) is 26.2 Å². The maximum atomic E-state index is 14.1. The second kappa shape index (κ2) is 14.3. The Morgan fingerprint density at radius 1 is 0.952 bits per heavy atom. The quantitative estimate of drug-likeness (QED) is 0.277. The van der Waals surface area contributed by atoms with Crippen molar-refractivity contribution in [3.05, 3.63) is 88.4 Å². The zero-order chi connectivity index (χ0) is 30.3. The number of rotatable bonds is 11. The van der Waals surface area contributed by atoms with Crippen LogP contribution in [0.15, 0.2) is 77.7 Å². The highest BCUT2D eigenvalue weighted by atomic mass is 35.5. The lowest BCUT2D eigenvalue weighted by atomic mass is 9.95. The molecule has 4 rings (SSSR count). The van der Waals surface area contributed by atoms with E-state index in [9.17, 15) is 18.0 Å². The third-order valence-electron chi connectivity index (χ3n) is 7.38. The van der Waals surface area contributed by atoms with Crippen molar-refractivity contribution in [3.8, 4) is 5.75 Å². The summed E-state index contributed by atoms with van der Waals surface area (Å²) in [4.78, 5) is 28.9. The van der Waals surface area contributed by atoms with Crippen molar-refractivity contribution in [2.45, 2.75) is 62.6 Å². The molecule has 3 aromatic rings. The van der Waals surface area contributed by atoms with Gasteiger partial charge in [0.25, 0.3) is 10.0 Å². The van der Waals surface area contributed by atoms with Crippen molar-refractivity contribution in [1.29, 1.82) is 0 Å². The van der Waals surface area contributed by atoms with Gasteiger partial charge in [0.15, 0.2) is 0 Å². The fourth-order valence-corrected chi connectivity index (χ4v) is 6.94. The van der Waals surface area contributed by atoms with Crippen LogP contribution in [0, 0.1) is 0 Å². The van der Waals surface area contributed by atoms with Gasteiger partial charge in [-0.25, -0.2) is 8.42 Å². The van der Waals surface area contributed by atoms with Crippen LogP contribution in [0.1, 0.15) is 44.6 Å². The molecule has 42 heavy (non-hydrogen) atoms. The Morgan fingerprint density at radius 2 is 1.57 bits per heavy atom. The van der Waals surface area contributed by atoms with Crippen molar-refractivity contribution in [3.63, 3.8) is 0 Å². The Hall–Kier alpha value is -3.27. The molecule has 1 N–H and O–H groups in total. The number of halogens is 2. The summed E-state index contributed by atoms with van der Waals surface area (Å²) >= 11 is 12.5. The van der Waals surface area contributed by atoms with Gasteiger partial charge < -0.3 is 15.0 Å². The zero-order valence-corrected chi connectivity index (χ0v) is 26.0. The molecule has 0 aromatic heterocycles. The molecule has 0 heterocycles. The third-order valence-corrected chi connectivity index (χ3v) is 9.60. The number of ether oxygens (including phenoxy) is 1. The summed E-state index contributed by atoms with van der Waals surface area (Å²) in [7, 11) is -2.65. The van der Waals surface area contributed by atoms with Crippen molar-refractivity contribution in [2.24, 2.45) is 0 Å². The Balaban J connectivity index is 1.69. The standard InChI is InChI=1S/C31H35Cl2N3O5S/c1-22(31(38)34-26-9-5-3-6-10-26)35(20-23-13-15-28(41-2)16-14-23)30(37)21-36(27-18-24(32)17-25(33)19-27)42(39,40)29-11-7-4-8-12-29/h4,7-8,11-19,22,26H,3,5-6,9-10,20-21H2,1-2H3,(H,34,38). The summed E-state index contributed by atoms with van der Waals surface area (Å²) in [6.07, 6.45) is 5.01. The fraction of sp³-hybridized carbons (Fsp3) is 0.355. The van der Waals surface area contributed by atoms with Gasteiger partial charge in [0.2, 0.25) is 11.8 Å². The number of nitrogens with one attached hydrogen (secondary N) is 1. The van der Waals surface area contributed by atoms with Crippen LogP contribution in [-0.4, -0.2) is 50.9 Å².